The third-order valence-electron chi connectivity index (χ3n) is 6.33. The zero-order chi connectivity index (χ0) is 25.3. The van der Waals surface area contributed by atoms with Gasteiger partial charge in [0.15, 0.2) is 16.7 Å². The van der Waals surface area contributed by atoms with E-state index in [0.29, 0.717) is 30.4 Å². The summed E-state index contributed by atoms with van der Waals surface area (Å²) < 4.78 is 17.5. The summed E-state index contributed by atoms with van der Waals surface area (Å²) in [5.41, 5.74) is 2.31. The second kappa shape index (κ2) is 12.6. The van der Waals surface area contributed by atoms with Gasteiger partial charge in [0.25, 0.3) is 0 Å². The standard InChI is InChI=1S/C28H32ClN3O4/c1-3-4-16-35-24-17-21(10-13-23(24)36-18-19-8-11-22(34-2)12-9-19)25(26-27(29)31-15-14-30-26)32-28(33)20-6-5-7-20/h8-15,17,20,25H,3-7,16,18H2,1-2H3,(H,32,33). The van der Waals surface area contributed by atoms with Crippen molar-refractivity contribution in [3.05, 3.63) is 76.8 Å². The van der Waals surface area contributed by atoms with Crippen molar-refractivity contribution in [1.82, 2.24) is 15.3 Å². The summed E-state index contributed by atoms with van der Waals surface area (Å²) >= 11 is 6.40. The molecule has 1 heterocycles. The van der Waals surface area contributed by atoms with Crippen LogP contribution in [0.1, 0.15) is 61.9 Å². The van der Waals surface area contributed by atoms with E-state index in [1.54, 1.807) is 13.3 Å². The van der Waals surface area contributed by atoms with Gasteiger partial charge in [-0.15, -0.1) is 0 Å². The minimum atomic E-state index is -0.552. The Morgan fingerprint density at radius 1 is 1.08 bits per heavy atom. The van der Waals surface area contributed by atoms with Gasteiger partial charge in [0.1, 0.15) is 18.1 Å². The van der Waals surface area contributed by atoms with E-state index in [4.69, 9.17) is 25.8 Å². The van der Waals surface area contributed by atoms with Gasteiger partial charge in [-0.25, -0.2) is 4.98 Å². The number of unbranched alkanes of at least 4 members (excludes halogenated alkanes) is 1. The van der Waals surface area contributed by atoms with Crippen LogP contribution in [-0.2, 0) is 11.4 Å². The maximum Gasteiger partial charge on any atom is 0.223 e. The molecule has 0 spiro atoms. The van der Waals surface area contributed by atoms with Crippen LogP contribution < -0.4 is 19.5 Å². The number of methoxy groups -OCH3 is 1. The summed E-state index contributed by atoms with van der Waals surface area (Å²) in [5, 5.41) is 3.40. The molecule has 3 aromatic rings. The van der Waals surface area contributed by atoms with Crippen LogP contribution in [0.15, 0.2) is 54.9 Å². The van der Waals surface area contributed by atoms with E-state index in [-0.39, 0.29) is 17.0 Å². The average Bonchev–Trinajstić information content (AvgIpc) is 2.86. The highest BCUT2D eigenvalue weighted by atomic mass is 35.5. The van der Waals surface area contributed by atoms with Gasteiger partial charge in [0.2, 0.25) is 5.91 Å². The lowest BCUT2D eigenvalue weighted by Gasteiger charge is -2.28. The quantitative estimate of drug-likeness (QED) is 0.306. The van der Waals surface area contributed by atoms with Crippen LogP contribution in [0.5, 0.6) is 17.2 Å². The minimum Gasteiger partial charge on any atom is -0.497 e. The van der Waals surface area contributed by atoms with Crippen LogP contribution in [0.25, 0.3) is 0 Å². The molecule has 1 unspecified atom stereocenters. The molecule has 36 heavy (non-hydrogen) atoms. The molecular formula is C28H32ClN3O4. The predicted molar refractivity (Wildman–Crippen MR) is 139 cm³/mol. The number of aromatic nitrogens is 2. The van der Waals surface area contributed by atoms with Crippen LogP contribution in [0.4, 0.5) is 0 Å². The highest BCUT2D eigenvalue weighted by molar-refractivity contribution is 6.30. The van der Waals surface area contributed by atoms with E-state index in [0.717, 1.165) is 49.0 Å². The molecule has 7 nitrogen and oxygen atoms in total. The Kier molecular flexibility index (Phi) is 9.01. The lowest BCUT2D eigenvalue weighted by molar-refractivity contribution is -0.127. The Hall–Kier alpha value is -3.32. The molecule has 1 N–H and O–H groups in total. The Labute approximate surface area is 217 Å². The zero-order valence-electron chi connectivity index (χ0n) is 20.7. The number of hydrogen-bond acceptors (Lipinski definition) is 6. The Balaban J connectivity index is 1.61. The molecule has 0 aliphatic heterocycles. The van der Waals surface area contributed by atoms with Crippen LogP contribution >= 0.6 is 11.6 Å². The summed E-state index contributed by atoms with van der Waals surface area (Å²) in [6.07, 6.45) is 7.91. The van der Waals surface area contributed by atoms with Gasteiger partial charge in [-0.3, -0.25) is 9.78 Å². The van der Waals surface area contributed by atoms with Crippen LogP contribution in [0, 0.1) is 5.92 Å². The highest BCUT2D eigenvalue weighted by Gasteiger charge is 2.30. The smallest absolute Gasteiger partial charge is 0.223 e. The normalized spacial score (nSPS) is 14.0. The van der Waals surface area contributed by atoms with E-state index < -0.39 is 6.04 Å². The molecule has 0 saturated heterocycles. The fourth-order valence-electron chi connectivity index (χ4n) is 3.91. The number of halogens is 1. The molecule has 1 aromatic heterocycles. The van der Waals surface area contributed by atoms with Gasteiger partial charge in [-0.05, 0) is 54.7 Å². The van der Waals surface area contributed by atoms with Crippen molar-refractivity contribution >= 4 is 17.5 Å². The summed E-state index contributed by atoms with van der Waals surface area (Å²) in [5.74, 6) is 2.05. The lowest BCUT2D eigenvalue weighted by atomic mass is 9.84. The number of benzene rings is 2. The van der Waals surface area contributed by atoms with E-state index >= 15 is 0 Å². The summed E-state index contributed by atoms with van der Waals surface area (Å²) in [6, 6.07) is 12.9. The van der Waals surface area contributed by atoms with Gasteiger partial charge in [0.05, 0.1) is 19.8 Å². The lowest BCUT2D eigenvalue weighted by Crippen LogP contribution is -2.37. The first-order valence-corrected chi connectivity index (χ1v) is 12.8. The van der Waals surface area contributed by atoms with Crippen molar-refractivity contribution < 1.29 is 19.0 Å². The number of carbonyl (C=O) groups is 1. The van der Waals surface area contributed by atoms with Gasteiger partial charge < -0.3 is 19.5 Å². The highest BCUT2D eigenvalue weighted by Crippen LogP contribution is 2.35. The third-order valence-corrected chi connectivity index (χ3v) is 6.62. The first kappa shape index (κ1) is 25.8. The van der Waals surface area contributed by atoms with Crippen LogP contribution in [0.2, 0.25) is 5.15 Å². The molecule has 1 amide bonds. The summed E-state index contributed by atoms with van der Waals surface area (Å²) in [6.45, 7) is 3.05. The molecular weight excluding hydrogens is 478 g/mol. The first-order chi connectivity index (χ1) is 17.6. The fourth-order valence-corrected chi connectivity index (χ4v) is 4.13. The van der Waals surface area contributed by atoms with Crippen molar-refractivity contribution in [1.29, 1.82) is 0 Å². The number of amides is 1. The minimum absolute atomic E-state index is 0.00116. The molecule has 1 aliphatic carbocycles. The second-order valence-electron chi connectivity index (χ2n) is 8.85. The molecule has 8 heteroatoms. The molecule has 0 radical (unpaired) electrons. The number of ether oxygens (including phenoxy) is 3. The van der Waals surface area contributed by atoms with Gasteiger partial charge >= 0.3 is 0 Å². The van der Waals surface area contributed by atoms with Crippen molar-refractivity contribution in [2.24, 2.45) is 5.92 Å². The van der Waals surface area contributed by atoms with Crippen molar-refractivity contribution in [2.75, 3.05) is 13.7 Å². The van der Waals surface area contributed by atoms with E-state index in [2.05, 4.69) is 22.2 Å². The molecule has 1 atom stereocenters. The average molecular weight is 510 g/mol. The molecule has 0 bridgehead atoms. The maximum atomic E-state index is 12.9. The van der Waals surface area contributed by atoms with Gasteiger partial charge in [-0.2, -0.15) is 0 Å². The van der Waals surface area contributed by atoms with Crippen molar-refractivity contribution in [2.45, 2.75) is 51.7 Å². The molecule has 1 saturated carbocycles. The Bertz CT molecular complexity index is 1150. The SMILES string of the molecule is CCCCOc1cc(C(NC(=O)C2CCC2)c2nccnc2Cl)ccc1OCc1ccc(OC)cc1. The molecule has 2 aromatic carbocycles. The van der Waals surface area contributed by atoms with Crippen LogP contribution in [-0.4, -0.2) is 29.6 Å². The number of rotatable bonds is 12. The Morgan fingerprint density at radius 3 is 2.53 bits per heavy atom. The van der Waals surface area contributed by atoms with Crippen LogP contribution in [0.3, 0.4) is 0 Å². The first-order valence-electron chi connectivity index (χ1n) is 12.4. The third kappa shape index (κ3) is 6.46. The zero-order valence-corrected chi connectivity index (χ0v) is 21.5. The molecule has 190 valence electrons. The second-order valence-corrected chi connectivity index (χ2v) is 9.20. The van der Waals surface area contributed by atoms with E-state index in [1.807, 2.05) is 42.5 Å². The monoisotopic (exact) mass is 509 g/mol. The topological polar surface area (TPSA) is 82.6 Å². The molecule has 1 aliphatic rings. The van der Waals surface area contributed by atoms with Crippen molar-refractivity contribution in [3.8, 4) is 17.2 Å². The number of hydrogen-bond donors (Lipinski definition) is 1. The largest absolute Gasteiger partial charge is 0.497 e. The van der Waals surface area contributed by atoms with E-state index in [9.17, 15) is 4.79 Å². The summed E-state index contributed by atoms with van der Waals surface area (Å²) in [4.78, 5) is 21.5. The predicted octanol–water partition coefficient (Wildman–Crippen LogP) is 5.90. The van der Waals surface area contributed by atoms with Gasteiger partial charge in [-0.1, -0.05) is 49.6 Å². The molecule has 1 fully saturated rings. The Morgan fingerprint density at radius 2 is 1.86 bits per heavy atom. The number of carbonyl (C=O) groups excluding carboxylic acids is 1. The summed E-state index contributed by atoms with van der Waals surface area (Å²) in [7, 11) is 1.64. The maximum absolute atomic E-state index is 12.9. The van der Waals surface area contributed by atoms with Gasteiger partial charge in [0, 0.05) is 18.3 Å². The number of nitrogens with one attached hydrogen (secondary N) is 1. The van der Waals surface area contributed by atoms with E-state index in [1.165, 1.54) is 6.20 Å². The molecule has 4 rings (SSSR count). The van der Waals surface area contributed by atoms with Crippen molar-refractivity contribution in [3.63, 3.8) is 0 Å². The fraction of sp³-hybridized carbons (Fsp3) is 0.393. The number of nitrogens with zero attached hydrogens (tertiary/aromatic N) is 2.